The summed E-state index contributed by atoms with van der Waals surface area (Å²) in [5.74, 6) is 4.52. The summed E-state index contributed by atoms with van der Waals surface area (Å²) in [6.07, 6.45) is 35.5. The van der Waals surface area contributed by atoms with Gasteiger partial charge in [0.05, 0.1) is 76.7 Å². The lowest BCUT2D eigenvalue weighted by Crippen LogP contribution is -2.47. The van der Waals surface area contributed by atoms with Crippen molar-refractivity contribution >= 4 is 111 Å². The Labute approximate surface area is 786 Å². The molecule has 5 aliphatic rings. The third-order valence-corrected chi connectivity index (χ3v) is 26.8. The Morgan fingerprint density at radius 3 is 1.02 bits per heavy atom. The highest BCUT2D eigenvalue weighted by atomic mass is 16.6. The Hall–Kier alpha value is -7.18. The summed E-state index contributed by atoms with van der Waals surface area (Å²) in [5.41, 5.74) is 1.04. The van der Waals surface area contributed by atoms with Gasteiger partial charge in [-0.3, -0.25) is 43.2 Å². The molecule has 0 radical (unpaired) electrons. The van der Waals surface area contributed by atoms with Crippen molar-refractivity contribution in [1.29, 1.82) is 0 Å². The maximum atomic E-state index is 12.5. The first-order chi connectivity index (χ1) is 61.6. The van der Waals surface area contributed by atoms with E-state index in [0.29, 0.717) is 148 Å². The number of carbonyl (C=O) groups is 18. The van der Waals surface area contributed by atoms with E-state index in [2.05, 4.69) is 74.6 Å². The van der Waals surface area contributed by atoms with Gasteiger partial charge in [0, 0.05) is 49.1 Å². The van der Waals surface area contributed by atoms with E-state index in [1.165, 1.54) is 116 Å². The van der Waals surface area contributed by atoms with Crippen LogP contribution in [0, 0.1) is 117 Å². The highest BCUT2D eigenvalue weighted by Gasteiger charge is 2.42. The van der Waals surface area contributed by atoms with E-state index < -0.39 is 17.8 Å². The lowest BCUT2D eigenvalue weighted by Gasteiger charge is -2.48. The number of ketones is 6. The monoisotopic (exact) mass is 1840 g/mol. The van der Waals surface area contributed by atoms with E-state index >= 15 is 0 Å². The molecule has 0 heterocycles. The molecule has 130 heavy (non-hydrogen) atoms. The lowest BCUT2D eigenvalue weighted by atomic mass is 9.61. The molecule has 0 amide bonds. The summed E-state index contributed by atoms with van der Waals surface area (Å²) >= 11 is 0. The second-order valence-electron chi connectivity index (χ2n) is 39.5. The second-order valence-corrected chi connectivity index (χ2v) is 39.5. The van der Waals surface area contributed by atoms with Gasteiger partial charge in [-0.1, -0.05) is 159 Å². The number of hydrogen-bond donors (Lipinski definition) is 1. The van der Waals surface area contributed by atoms with Crippen LogP contribution in [0.3, 0.4) is 0 Å². The maximum absolute atomic E-state index is 12.5. The molecular weight excluding hydrogens is 1660 g/mol. The van der Waals surface area contributed by atoms with Gasteiger partial charge in [-0.15, -0.1) is 0 Å². The minimum absolute atomic E-state index is 0.0557. The molecular formula is C105H185NO24. The third kappa shape index (κ3) is 62.3. The van der Waals surface area contributed by atoms with Gasteiger partial charge in [0.2, 0.25) is 0 Å². The van der Waals surface area contributed by atoms with Crippen molar-refractivity contribution < 1.29 is 115 Å². The van der Waals surface area contributed by atoms with Crippen molar-refractivity contribution in [3.05, 3.63) is 0 Å². The molecule has 25 heteroatoms. The summed E-state index contributed by atoms with van der Waals surface area (Å²) in [5, 5.41) is 3.78. The van der Waals surface area contributed by atoms with Crippen LogP contribution in [0.25, 0.3) is 0 Å². The van der Waals surface area contributed by atoms with Crippen LogP contribution in [-0.2, 0) is 115 Å². The second kappa shape index (κ2) is 78.2. The Bertz CT molecular complexity index is 3070. The zero-order valence-corrected chi connectivity index (χ0v) is 85.5. The van der Waals surface area contributed by atoms with E-state index in [9.17, 15) is 57.5 Å². The van der Waals surface area contributed by atoms with Gasteiger partial charge >= 0.3 is 35.8 Å². The van der Waals surface area contributed by atoms with Crippen molar-refractivity contribution in [2.45, 2.75) is 402 Å². The van der Waals surface area contributed by atoms with Crippen LogP contribution < -0.4 is 5.32 Å². The van der Waals surface area contributed by atoms with Crippen molar-refractivity contribution in [2.24, 2.45) is 117 Å². The predicted molar refractivity (Wildman–Crippen MR) is 513 cm³/mol. The normalized spacial score (nSPS) is 23.2. The minimum atomic E-state index is -0.459. The van der Waals surface area contributed by atoms with E-state index in [0.717, 1.165) is 94.3 Å². The Morgan fingerprint density at radius 1 is 0.346 bits per heavy atom. The maximum Gasteiger partial charge on any atom is 0.309 e. The largest absolute Gasteiger partial charge is 0.466 e. The Kier molecular flexibility index (Phi) is 79.0. The van der Waals surface area contributed by atoms with Gasteiger partial charge in [-0.05, 0) is 274 Å². The standard InChI is InChI=1S/C31H52O6.C29H48O6.C22H38O6.C17H35N.6CH2O/c1-7-36-30(34)19-29(31(35)37-8-2)18-27-12-10-25(14-21(27)4)16-24-9-11-26(20(3)13-24)17-28(23(6)33)15-22(5)32;1-5-34-28(32)19-27(29(33)35-6-2)18-25-13-9-23(10-14-25)16-22-7-11-24(12-8-22)17-26(21(4)31)15-20(3)30;1-6-27-21(25)15-20(22(26)28-7-2)13-12-16(3)10-8-9-11-19(18(5)24)14-17(4)23;1-13(2)8-9-17(7)11-15(18-14(3)4)10-16(5,6)12-17;6*1-2/h20-21,24-29H,7-19H2,1-6H3;22-27H,5-19H2,1-4H3;16,19-20H,6-15H2,1-5H3;13-15,18H,8-12H2,1-7H3;6*1H2. The highest BCUT2D eigenvalue weighted by molar-refractivity contribution is 5.87. The number of carbonyl (C=O) groups excluding carboxylic acids is 18. The molecule has 15 unspecified atom stereocenters. The molecule has 5 aliphatic carbocycles. The van der Waals surface area contributed by atoms with E-state index in [1.807, 2.05) is 40.7 Å². The van der Waals surface area contributed by atoms with Crippen molar-refractivity contribution in [1.82, 2.24) is 5.32 Å². The predicted octanol–water partition coefficient (Wildman–Crippen LogP) is 20.8. The molecule has 15 atom stereocenters. The molecule has 5 saturated carbocycles. The Morgan fingerprint density at radius 2 is 0.662 bits per heavy atom. The fraction of sp³-hybridized carbons (Fsp3) is 0.829. The van der Waals surface area contributed by atoms with Crippen LogP contribution >= 0.6 is 0 Å². The zero-order chi connectivity index (χ0) is 101. The van der Waals surface area contributed by atoms with Gasteiger partial charge < -0.3 is 76.9 Å². The van der Waals surface area contributed by atoms with Crippen molar-refractivity contribution in [3.8, 4) is 0 Å². The number of esters is 6. The van der Waals surface area contributed by atoms with E-state index in [1.54, 1.807) is 76.2 Å². The van der Waals surface area contributed by atoms with Crippen molar-refractivity contribution in [2.75, 3.05) is 39.6 Å². The lowest BCUT2D eigenvalue weighted by molar-refractivity contribution is -0.155. The average Bonchev–Trinajstić information content (AvgIpc) is 0.797. The topological polar surface area (TPSA) is 375 Å². The summed E-state index contributed by atoms with van der Waals surface area (Å²) in [6, 6.07) is 1.32. The van der Waals surface area contributed by atoms with Gasteiger partial charge in [0.15, 0.2) is 0 Å². The van der Waals surface area contributed by atoms with Crippen LogP contribution in [0.4, 0.5) is 0 Å². The fourth-order valence-corrected chi connectivity index (χ4v) is 20.9. The van der Waals surface area contributed by atoms with Crippen LogP contribution in [0.5, 0.6) is 0 Å². The highest BCUT2D eigenvalue weighted by Crippen LogP contribution is 2.50. The molecule has 5 fully saturated rings. The molecule has 0 saturated heterocycles. The zero-order valence-electron chi connectivity index (χ0n) is 85.5. The van der Waals surface area contributed by atoms with E-state index in [4.69, 9.17) is 57.2 Å². The molecule has 0 aromatic rings. The SMILES string of the molecule is C=O.C=O.C=O.C=O.C=O.C=O.CC(C)CCC1(C)CC(NC(C)C)CC(C)(C)C1.CCOC(=O)CC(CC1CCC(CC2CCC(CC(CC(C)=O)C(C)=O)C(C)C2)CC1C)C(=O)OCC.CCOC(=O)CC(CC1CCC(CC2CCC(CC(CC(C)=O)C(C)=O)CC2)CC1)C(=O)OCC.CCOC(=O)CC(CCC(C)CCCCC(CC(C)=O)C(C)=O)C(=O)OCC. The molecule has 1 N–H and O–H groups in total. The number of Topliss-reactive ketones (excluding diaryl/α,β-unsaturated/α-hetero) is 6. The Balaban J connectivity index is -0.000000525. The van der Waals surface area contributed by atoms with Crippen LogP contribution in [0.2, 0.25) is 0 Å². The molecule has 0 aromatic heterocycles. The molecule has 0 bridgehead atoms. The fourth-order valence-electron chi connectivity index (χ4n) is 20.9. The summed E-state index contributed by atoms with van der Waals surface area (Å²) in [7, 11) is 0. The minimum Gasteiger partial charge on any atom is -0.466 e. The summed E-state index contributed by atoms with van der Waals surface area (Å²) < 4.78 is 30.7. The smallest absolute Gasteiger partial charge is 0.309 e. The van der Waals surface area contributed by atoms with Gasteiger partial charge in [-0.25, -0.2) is 0 Å². The first-order valence-corrected chi connectivity index (χ1v) is 49.0. The van der Waals surface area contributed by atoms with Gasteiger partial charge in [0.1, 0.15) is 75.4 Å². The number of ether oxygens (including phenoxy) is 6. The number of unbranched alkanes of at least 4 members (excludes halogenated alkanes) is 1. The number of rotatable bonds is 49. The van der Waals surface area contributed by atoms with Crippen molar-refractivity contribution in [3.63, 3.8) is 0 Å². The quantitative estimate of drug-likeness (QED) is 0.0336. The molecule has 0 spiro atoms. The number of hydrogen-bond acceptors (Lipinski definition) is 25. The third-order valence-electron chi connectivity index (χ3n) is 26.8. The first kappa shape index (κ1) is 131. The summed E-state index contributed by atoms with van der Waals surface area (Å²) in [4.78, 5) is 191. The van der Waals surface area contributed by atoms with Crippen LogP contribution in [0.1, 0.15) is 390 Å². The molecule has 0 aliphatic heterocycles. The molecule has 0 aromatic carbocycles. The molecule has 25 nitrogen and oxygen atoms in total. The average molecular weight is 1850 g/mol. The molecule has 754 valence electrons. The van der Waals surface area contributed by atoms with Crippen LogP contribution in [0.15, 0.2) is 0 Å². The van der Waals surface area contributed by atoms with E-state index in [-0.39, 0.29) is 108 Å². The van der Waals surface area contributed by atoms with Crippen LogP contribution in [-0.4, -0.2) is 163 Å². The number of nitrogens with one attached hydrogen (secondary N) is 1. The van der Waals surface area contributed by atoms with Gasteiger partial charge in [0.25, 0.3) is 0 Å². The molecule has 5 rings (SSSR count). The summed E-state index contributed by atoms with van der Waals surface area (Å²) in [6.45, 7) is 57.5. The first-order valence-electron chi connectivity index (χ1n) is 49.0. The van der Waals surface area contributed by atoms with Gasteiger partial charge in [-0.2, -0.15) is 0 Å².